The Balaban J connectivity index is 1.21. The Hall–Kier alpha value is -4.63. The lowest BCUT2D eigenvalue weighted by molar-refractivity contribution is -0.274. The number of nitrogens with zero attached hydrogens (tertiary/aromatic N) is 5. The molecule has 3 amide bonds. The van der Waals surface area contributed by atoms with E-state index in [-0.39, 0.29) is 34.0 Å². The molecule has 2 aromatic heterocycles. The number of ether oxygens (including phenoxy) is 1. The number of carbonyl (C=O) groups excluding carboxylic acids is 3. The van der Waals surface area contributed by atoms with E-state index in [4.69, 9.17) is 23.2 Å². The highest BCUT2D eigenvalue weighted by Gasteiger charge is 2.58. The number of anilines is 2. The Morgan fingerprint density at radius 2 is 1.70 bits per heavy atom. The lowest BCUT2D eigenvalue weighted by Gasteiger charge is -2.27. The summed E-state index contributed by atoms with van der Waals surface area (Å²) in [5.74, 6) is -1.29. The Labute approximate surface area is 274 Å². The molecule has 2 saturated carbocycles. The van der Waals surface area contributed by atoms with Crippen molar-refractivity contribution in [2.24, 2.45) is 0 Å². The first kappa shape index (κ1) is 31.0. The second-order valence-electron chi connectivity index (χ2n) is 12.1. The van der Waals surface area contributed by atoms with Gasteiger partial charge >= 0.3 is 6.36 Å². The van der Waals surface area contributed by atoms with Crippen molar-refractivity contribution in [1.29, 1.82) is 0 Å². The molecule has 2 aromatic carbocycles. The van der Waals surface area contributed by atoms with Gasteiger partial charge in [0, 0.05) is 16.5 Å². The fourth-order valence-corrected chi connectivity index (χ4v) is 6.48. The molecule has 3 heterocycles. The van der Waals surface area contributed by atoms with Gasteiger partial charge < -0.3 is 15.4 Å². The molecule has 17 heteroatoms. The monoisotopic (exact) mass is 688 g/mol. The Bertz CT molecular complexity index is 1890. The Morgan fingerprint density at radius 3 is 2.28 bits per heavy atom. The van der Waals surface area contributed by atoms with Gasteiger partial charge in [-0.05, 0) is 68.5 Å². The first-order chi connectivity index (χ1) is 22.2. The number of alkyl halides is 3. The fourth-order valence-electron chi connectivity index (χ4n) is 5.97. The smallest absolute Gasteiger partial charge is 0.406 e. The number of nitrogens with one attached hydrogen (secondary N) is 3. The molecular weight excluding hydrogens is 664 g/mol. The molecule has 0 spiro atoms. The largest absolute Gasteiger partial charge is 0.573 e. The summed E-state index contributed by atoms with van der Waals surface area (Å²) in [6.07, 6.45) is -0.117. The predicted molar refractivity (Wildman–Crippen MR) is 161 cm³/mol. The van der Waals surface area contributed by atoms with Gasteiger partial charge in [-0.25, -0.2) is 14.9 Å². The number of fused-ring (bicyclic) bond motifs is 1. The van der Waals surface area contributed by atoms with Crippen molar-refractivity contribution in [1.82, 2.24) is 35.4 Å². The molecule has 2 aliphatic carbocycles. The lowest BCUT2D eigenvalue weighted by atomic mass is 9.91. The molecule has 0 unspecified atom stereocenters. The van der Waals surface area contributed by atoms with Crippen LogP contribution in [0.15, 0.2) is 55.0 Å². The van der Waals surface area contributed by atoms with Crippen molar-refractivity contribution in [3.8, 4) is 5.75 Å². The van der Waals surface area contributed by atoms with Crippen molar-refractivity contribution < 1.29 is 32.3 Å². The summed E-state index contributed by atoms with van der Waals surface area (Å²) in [5.41, 5.74) is -2.57. The standard InChI is InChI=1S/C30H25Cl2F3N8O4/c1-27(13-16-2-4-20(5-3-16)47-30(33,34)35)25(46)42(19-11-17(31)10-18(32)12-19)26-36-14-21(43(26)27)22(44)39-29(8-9-29)24(45)40-28(6-7-28)23-37-15-38-41-23/h2-5,10-12,14-15H,6-9,13H2,1H3,(H,39,44)(H,40,45)(H,37,38,41)/t27-/m1/s1. The average molecular weight is 689 g/mol. The first-order valence-corrected chi connectivity index (χ1v) is 15.2. The summed E-state index contributed by atoms with van der Waals surface area (Å²) in [7, 11) is 0. The quantitative estimate of drug-likeness (QED) is 0.226. The zero-order valence-electron chi connectivity index (χ0n) is 24.5. The molecular formula is C30H25Cl2F3N8O4. The van der Waals surface area contributed by atoms with Crippen LogP contribution in [0, 0.1) is 0 Å². The summed E-state index contributed by atoms with van der Waals surface area (Å²) < 4.78 is 43.7. The molecule has 0 saturated heterocycles. The highest BCUT2D eigenvalue weighted by Crippen LogP contribution is 2.47. The summed E-state index contributed by atoms with van der Waals surface area (Å²) in [5, 5.41) is 13.0. The minimum Gasteiger partial charge on any atom is -0.406 e. The van der Waals surface area contributed by atoms with E-state index in [1.807, 2.05) is 0 Å². The van der Waals surface area contributed by atoms with E-state index >= 15 is 0 Å². The molecule has 244 valence electrons. The summed E-state index contributed by atoms with van der Waals surface area (Å²) in [4.78, 5) is 51.6. The van der Waals surface area contributed by atoms with E-state index in [0.29, 0.717) is 42.8 Å². The van der Waals surface area contributed by atoms with Gasteiger partial charge in [-0.1, -0.05) is 35.3 Å². The van der Waals surface area contributed by atoms with Crippen LogP contribution in [0.5, 0.6) is 5.75 Å². The van der Waals surface area contributed by atoms with Crippen LogP contribution >= 0.6 is 23.2 Å². The molecule has 2 fully saturated rings. The van der Waals surface area contributed by atoms with Crippen LogP contribution in [0.4, 0.5) is 24.8 Å². The third-order valence-electron chi connectivity index (χ3n) is 8.65. The van der Waals surface area contributed by atoms with Gasteiger partial charge in [-0.2, -0.15) is 5.10 Å². The van der Waals surface area contributed by atoms with Gasteiger partial charge in [0.05, 0.1) is 17.4 Å². The maximum absolute atomic E-state index is 14.3. The van der Waals surface area contributed by atoms with Gasteiger partial charge in [-0.3, -0.25) is 24.0 Å². The molecule has 7 rings (SSSR count). The van der Waals surface area contributed by atoms with Gasteiger partial charge in [0.2, 0.25) is 11.9 Å². The van der Waals surface area contributed by atoms with E-state index in [1.165, 1.54) is 52.3 Å². The highest BCUT2D eigenvalue weighted by molar-refractivity contribution is 6.35. The number of carbonyl (C=O) groups is 3. The van der Waals surface area contributed by atoms with Gasteiger partial charge in [-0.15, -0.1) is 13.2 Å². The minimum absolute atomic E-state index is 0.000977. The zero-order valence-corrected chi connectivity index (χ0v) is 26.0. The normalized spacial score (nSPS) is 20.5. The van der Waals surface area contributed by atoms with Crippen molar-refractivity contribution in [3.63, 3.8) is 0 Å². The molecule has 0 radical (unpaired) electrons. The third-order valence-corrected chi connectivity index (χ3v) is 9.09. The second kappa shape index (κ2) is 10.7. The Morgan fingerprint density at radius 1 is 1.02 bits per heavy atom. The highest BCUT2D eigenvalue weighted by atomic mass is 35.5. The number of imidazole rings is 1. The molecule has 3 aliphatic rings. The van der Waals surface area contributed by atoms with Crippen molar-refractivity contribution >= 4 is 52.6 Å². The van der Waals surface area contributed by atoms with Crippen molar-refractivity contribution in [2.45, 2.75) is 62.0 Å². The van der Waals surface area contributed by atoms with Gasteiger partial charge in [0.1, 0.15) is 34.7 Å². The number of aromatic amines is 1. The summed E-state index contributed by atoms with van der Waals surface area (Å²) >= 11 is 12.5. The van der Waals surface area contributed by atoms with Crippen LogP contribution in [0.25, 0.3) is 0 Å². The summed E-state index contributed by atoms with van der Waals surface area (Å²) in [6, 6.07) is 9.63. The van der Waals surface area contributed by atoms with Crippen LogP contribution < -0.4 is 20.3 Å². The fraction of sp³-hybridized carbons (Fsp3) is 0.333. The van der Waals surface area contributed by atoms with E-state index in [0.717, 1.165) is 12.1 Å². The minimum atomic E-state index is -4.87. The third kappa shape index (κ3) is 5.56. The van der Waals surface area contributed by atoms with Gasteiger partial charge in [0.25, 0.3) is 11.8 Å². The van der Waals surface area contributed by atoms with E-state index in [1.54, 1.807) is 6.92 Å². The number of H-pyrrole nitrogens is 1. The summed E-state index contributed by atoms with van der Waals surface area (Å²) in [6.45, 7) is 1.59. The lowest BCUT2D eigenvalue weighted by Crippen LogP contribution is -2.52. The van der Waals surface area contributed by atoms with Crippen molar-refractivity contribution in [3.05, 3.63) is 82.1 Å². The maximum Gasteiger partial charge on any atom is 0.573 e. The van der Waals surface area contributed by atoms with Crippen molar-refractivity contribution in [2.75, 3.05) is 4.90 Å². The molecule has 3 N–H and O–H groups in total. The topological polar surface area (TPSA) is 147 Å². The number of hydrogen-bond donors (Lipinski definition) is 3. The van der Waals surface area contributed by atoms with E-state index < -0.39 is 40.5 Å². The number of rotatable bonds is 9. The SMILES string of the molecule is C[C@@]1(Cc2ccc(OC(F)(F)F)cc2)C(=O)N(c2cc(Cl)cc(Cl)c2)c2ncc(C(=O)NC3(C(=O)NC4(c5ncn[nH]5)CC4)CC3)n21. The molecule has 12 nitrogen and oxygen atoms in total. The maximum atomic E-state index is 14.3. The van der Waals surface area contributed by atoms with E-state index in [2.05, 4.69) is 35.5 Å². The van der Waals surface area contributed by atoms with Crippen LogP contribution in [-0.2, 0) is 27.1 Å². The van der Waals surface area contributed by atoms with Gasteiger partial charge in [0.15, 0.2) is 0 Å². The number of amides is 3. The Kier molecular flexibility index (Phi) is 7.06. The van der Waals surface area contributed by atoms with Crippen LogP contribution in [0.1, 0.15) is 54.5 Å². The first-order valence-electron chi connectivity index (χ1n) is 14.5. The molecule has 47 heavy (non-hydrogen) atoms. The van der Waals surface area contributed by atoms with Crippen LogP contribution in [0.2, 0.25) is 10.0 Å². The number of aromatic nitrogens is 5. The number of hydrogen-bond acceptors (Lipinski definition) is 7. The zero-order chi connectivity index (χ0) is 33.4. The number of benzene rings is 2. The average Bonchev–Trinajstić information content (AvgIpc) is 3.79. The molecule has 4 aromatic rings. The van der Waals surface area contributed by atoms with Crippen LogP contribution in [0.3, 0.4) is 0 Å². The molecule has 1 aliphatic heterocycles. The second-order valence-corrected chi connectivity index (χ2v) is 13.0. The molecule has 1 atom stereocenters. The molecule has 0 bridgehead atoms. The number of halogens is 5. The predicted octanol–water partition coefficient (Wildman–Crippen LogP) is 4.91. The van der Waals surface area contributed by atoms with E-state index in [9.17, 15) is 27.6 Å². The van der Waals surface area contributed by atoms with Crippen LogP contribution in [-0.4, -0.2) is 54.4 Å².